The summed E-state index contributed by atoms with van der Waals surface area (Å²) in [5, 5.41) is 3.98. The molecule has 0 atom stereocenters. The fraction of sp³-hybridized carbons (Fsp3) is 0.231. The zero-order valence-electron chi connectivity index (χ0n) is 10.5. The summed E-state index contributed by atoms with van der Waals surface area (Å²) < 4.78 is 41.5. The van der Waals surface area contributed by atoms with Gasteiger partial charge in [-0.05, 0) is 34.5 Å². The van der Waals surface area contributed by atoms with Crippen molar-refractivity contribution < 1.29 is 18.0 Å². The van der Waals surface area contributed by atoms with Gasteiger partial charge in [-0.2, -0.15) is 5.10 Å². The smallest absolute Gasteiger partial charge is 0.215 e. The maximum Gasteiger partial charge on any atom is 0.215 e. The zero-order valence-corrected chi connectivity index (χ0v) is 12.0. The summed E-state index contributed by atoms with van der Waals surface area (Å²) in [7, 11) is 0. The quantitative estimate of drug-likeness (QED) is 0.624. The topological polar surface area (TPSA) is 34.9 Å². The Balaban J connectivity index is 2.52. The van der Waals surface area contributed by atoms with E-state index in [4.69, 9.17) is 0 Å². The van der Waals surface area contributed by atoms with Gasteiger partial charge in [0, 0.05) is 6.54 Å². The van der Waals surface area contributed by atoms with E-state index in [9.17, 15) is 18.0 Å². The minimum atomic E-state index is -1.66. The average Bonchev–Trinajstić information content (AvgIpc) is 2.77. The molecule has 20 heavy (non-hydrogen) atoms. The van der Waals surface area contributed by atoms with Crippen molar-refractivity contribution in [1.29, 1.82) is 0 Å². The van der Waals surface area contributed by atoms with E-state index in [1.807, 2.05) is 6.92 Å². The Labute approximate surface area is 121 Å². The summed E-state index contributed by atoms with van der Waals surface area (Å²) in [6, 6.07) is 1.64. The summed E-state index contributed by atoms with van der Waals surface area (Å²) in [6.07, 6.45) is 2.12. The molecule has 3 nitrogen and oxygen atoms in total. The second-order valence-electron chi connectivity index (χ2n) is 4.12. The summed E-state index contributed by atoms with van der Waals surface area (Å²) >= 11 is 3.15. The normalized spacial score (nSPS) is 10.8. The minimum absolute atomic E-state index is 0.108. The van der Waals surface area contributed by atoms with Crippen molar-refractivity contribution in [3.8, 4) is 0 Å². The molecular weight excluding hydrogens is 337 g/mol. The molecule has 0 N–H and O–H groups in total. The van der Waals surface area contributed by atoms with Crippen LogP contribution >= 0.6 is 15.9 Å². The predicted molar refractivity (Wildman–Crippen MR) is 70.0 cm³/mol. The van der Waals surface area contributed by atoms with Crippen LogP contribution in [0.4, 0.5) is 13.2 Å². The number of aromatic nitrogens is 2. The third-order valence-corrected chi connectivity index (χ3v) is 3.31. The molecule has 0 aliphatic heterocycles. The van der Waals surface area contributed by atoms with Gasteiger partial charge in [-0.25, -0.2) is 13.2 Å². The SMILES string of the molecule is CCCn1ncc(Br)c1C(=O)c1ccc(F)c(F)c1F. The first-order valence-corrected chi connectivity index (χ1v) is 6.66. The van der Waals surface area contributed by atoms with Crippen molar-refractivity contribution in [3.63, 3.8) is 0 Å². The highest BCUT2D eigenvalue weighted by Gasteiger charge is 2.24. The lowest BCUT2D eigenvalue weighted by Crippen LogP contribution is -2.14. The number of nitrogens with zero attached hydrogens (tertiary/aromatic N) is 2. The molecule has 0 radical (unpaired) electrons. The van der Waals surface area contributed by atoms with E-state index in [-0.39, 0.29) is 5.69 Å². The molecule has 0 fully saturated rings. The third-order valence-electron chi connectivity index (χ3n) is 2.73. The molecule has 106 valence electrons. The van der Waals surface area contributed by atoms with Gasteiger partial charge in [0.25, 0.3) is 0 Å². The highest BCUT2D eigenvalue weighted by molar-refractivity contribution is 9.10. The standard InChI is InChI=1S/C13H10BrF3N2O/c1-2-5-19-12(8(14)6-18-19)13(20)7-3-4-9(15)11(17)10(7)16/h3-4,6H,2,5H2,1H3. The average molecular weight is 347 g/mol. The first kappa shape index (κ1) is 14.8. The first-order chi connectivity index (χ1) is 9.47. The molecule has 0 saturated heterocycles. The second kappa shape index (κ2) is 5.78. The molecule has 7 heteroatoms. The van der Waals surface area contributed by atoms with Crippen LogP contribution in [0.2, 0.25) is 0 Å². The molecular formula is C13H10BrF3N2O. The number of carbonyl (C=O) groups excluding carboxylic acids is 1. The van der Waals surface area contributed by atoms with Gasteiger partial charge >= 0.3 is 0 Å². The van der Waals surface area contributed by atoms with E-state index >= 15 is 0 Å². The molecule has 2 aromatic rings. The van der Waals surface area contributed by atoms with Gasteiger partial charge in [-0.1, -0.05) is 6.92 Å². The molecule has 0 spiro atoms. The number of hydrogen-bond acceptors (Lipinski definition) is 2. The van der Waals surface area contributed by atoms with Gasteiger partial charge in [-0.15, -0.1) is 0 Å². The van der Waals surface area contributed by atoms with Crippen LogP contribution in [0.25, 0.3) is 0 Å². The van der Waals surface area contributed by atoms with Crippen molar-refractivity contribution in [3.05, 3.63) is 51.5 Å². The number of benzene rings is 1. The van der Waals surface area contributed by atoms with Crippen molar-refractivity contribution in [1.82, 2.24) is 9.78 Å². The van der Waals surface area contributed by atoms with E-state index in [2.05, 4.69) is 21.0 Å². The summed E-state index contributed by atoms with van der Waals surface area (Å²) in [5.74, 6) is -5.24. The Morgan fingerprint density at radius 3 is 2.65 bits per heavy atom. The van der Waals surface area contributed by atoms with Crippen LogP contribution in [-0.2, 0) is 6.54 Å². The number of carbonyl (C=O) groups is 1. The number of ketones is 1. The fourth-order valence-corrected chi connectivity index (χ4v) is 2.27. The van der Waals surface area contributed by atoms with E-state index in [0.717, 1.165) is 12.1 Å². The Bertz CT molecular complexity index is 670. The van der Waals surface area contributed by atoms with Gasteiger partial charge < -0.3 is 0 Å². The maximum absolute atomic E-state index is 13.7. The first-order valence-electron chi connectivity index (χ1n) is 5.86. The van der Waals surface area contributed by atoms with Crippen LogP contribution < -0.4 is 0 Å². The Hall–Kier alpha value is -1.63. The lowest BCUT2D eigenvalue weighted by Gasteiger charge is -2.07. The molecule has 0 amide bonds. The summed E-state index contributed by atoms with van der Waals surface area (Å²) in [6.45, 7) is 2.35. The highest BCUT2D eigenvalue weighted by Crippen LogP contribution is 2.23. The van der Waals surface area contributed by atoms with E-state index in [1.165, 1.54) is 10.9 Å². The van der Waals surface area contributed by atoms with Crippen LogP contribution in [-0.4, -0.2) is 15.6 Å². The van der Waals surface area contributed by atoms with Gasteiger partial charge in [0.2, 0.25) is 5.78 Å². The molecule has 1 heterocycles. The molecule has 2 rings (SSSR count). The van der Waals surface area contributed by atoms with E-state index < -0.39 is 28.8 Å². The monoisotopic (exact) mass is 346 g/mol. The van der Waals surface area contributed by atoms with Gasteiger partial charge in [0.05, 0.1) is 16.2 Å². The predicted octanol–water partition coefficient (Wildman–Crippen LogP) is 3.70. The highest BCUT2D eigenvalue weighted by atomic mass is 79.9. The number of halogens is 4. The van der Waals surface area contributed by atoms with Crippen LogP contribution in [0.1, 0.15) is 29.4 Å². The summed E-state index contributed by atoms with van der Waals surface area (Å²) in [5.41, 5.74) is -0.417. The molecule has 0 aliphatic carbocycles. The van der Waals surface area contributed by atoms with Crippen molar-refractivity contribution >= 4 is 21.7 Å². The largest absolute Gasteiger partial charge is 0.287 e. The summed E-state index contributed by atoms with van der Waals surface area (Å²) in [4.78, 5) is 12.3. The van der Waals surface area contributed by atoms with Crippen LogP contribution in [0, 0.1) is 17.5 Å². The molecule has 0 unspecified atom stereocenters. The van der Waals surface area contributed by atoms with Crippen LogP contribution in [0.3, 0.4) is 0 Å². The Morgan fingerprint density at radius 1 is 1.30 bits per heavy atom. The van der Waals surface area contributed by atoms with Crippen molar-refractivity contribution in [2.75, 3.05) is 0 Å². The van der Waals surface area contributed by atoms with Gasteiger partial charge in [0.1, 0.15) is 5.69 Å². The van der Waals surface area contributed by atoms with E-state index in [1.54, 1.807) is 0 Å². The molecule has 1 aromatic carbocycles. The third kappa shape index (κ3) is 2.49. The number of aryl methyl sites for hydroxylation is 1. The Kier molecular flexibility index (Phi) is 4.27. The van der Waals surface area contributed by atoms with Crippen LogP contribution in [0.5, 0.6) is 0 Å². The number of rotatable bonds is 4. The fourth-order valence-electron chi connectivity index (χ4n) is 1.80. The van der Waals surface area contributed by atoms with Crippen molar-refractivity contribution in [2.45, 2.75) is 19.9 Å². The number of hydrogen-bond donors (Lipinski definition) is 0. The minimum Gasteiger partial charge on any atom is -0.287 e. The zero-order chi connectivity index (χ0) is 14.9. The molecule has 0 saturated carbocycles. The Morgan fingerprint density at radius 2 is 2.00 bits per heavy atom. The molecule has 0 bridgehead atoms. The van der Waals surface area contributed by atoms with Gasteiger partial charge in [-0.3, -0.25) is 9.48 Å². The molecule has 0 aliphatic rings. The van der Waals surface area contributed by atoms with Gasteiger partial charge in [0.15, 0.2) is 17.5 Å². The second-order valence-corrected chi connectivity index (χ2v) is 4.97. The van der Waals surface area contributed by atoms with Crippen molar-refractivity contribution in [2.24, 2.45) is 0 Å². The lowest BCUT2D eigenvalue weighted by molar-refractivity contribution is 0.102. The molecule has 1 aromatic heterocycles. The van der Waals surface area contributed by atoms with E-state index in [0.29, 0.717) is 17.4 Å². The maximum atomic E-state index is 13.7. The lowest BCUT2D eigenvalue weighted by atomic mass is 10.1. The van der Waals surface area contributed by atoms with Crippen LogP contribution in [0.15, 0.2) is 22.8 Å².